The molecule has 1 aliphatic carbocycles. The van der Waals surface area contributed by atoms with Crippen LogP contribution in [0, 0.1) is 11.7 Å². The van der Waals surface area contributed by atoms with E-state index in [0.717, 1.165) is 5.56 Å². The molecule has 0 amide bonds. The zero-order valence-corrected chi connectivity index (χ0v) is 13.0. The Morgan fingerprint density at radius 1 is 1.40 bits per heavy atom. The zero-order chi connectivity index (χ0) is 14.7. The molecule has 1 aliphatic rings. The first-order chi connectivity index (χ1) is 9.49. The molecule has 0 saturated heterocycles. The topological polar surface area (TPSA) is 29.3 Å². The number of benzene rings is 1. The second kappa shape index (κ2) is 6.64. The van der Waals surface area contributed by atoms with Crippen molar-refractivity contribution in [3.05, 3.63) is 35.1 Å². The van der Waals surface area contributed by atoms with E-state index in [1.165, 1.54) is 31.7 Å². The summed E-state index contributed by atoms with van der Waals surface area (Å²) < 4.78 is 13.9. The van der Waals surface area contributed by atoms with Gasteiger partial charge in [-0.1, -0.05) is 32.0 Å². The summed E-state index contributed by atoms with van der Waals surface area (Å²) in [5.74, 6) is 0.496. The van der Waals surface area contributed by atoms with E-state index in [1.54, 1.807) is 12.1 Å². The predicted molar refractivity (Wildman–Crippen MR) is 85.2 cm³/mol. The molecule has 0 aliphatic heterocycles. The maximum absolute atomic E-state index is 13.9. The highest BCUT2D eigenvalue weighted by molar-refractivity contribution is 7.80. The molecule has 0 aromatic heterocycles. The number of nitrogens with two attached hydrogens (primary N) is 1. The van der Waals surface area contributed by atoms with Gasteiger partial charge in [0.2, 0.25) is 0 Å². The molecule has 1 aromatic carbocycles. The lowest BCUT2D eigenvalue weighted by Gasteiger charge is -2.36. The number of rotatable bonds is 4. The molecule has 1 aromatic rings. The normalized spacial score (nSPS) is 23.0. The van der Waals surface area contributed by atoms with E-state index >= 15 is 0 Å². The standard InChI is InChI=1S/C16H23FN2S/c1-11-5-3-4-6-15(11)19(2)10-13-9-12(16(18)20)7-8-14(13)17/h7-9,11,15H,3-6,10H2,1-2H3,(H2,18,20). The Balaban J connectivity index is 2.12. The van der Waals surface area contributed by atoms with E-state index in [2.05, 4.69) is 18.9 Å². The first-order valence-corrected chi connectivity index (χ1v) is 7.68. The molecular weight excluding hydrogens is 271 g/mol. The second-order valence-electron chi connectivity index (χ2n) is 5.91. The molecule has 1 saturated carbocycles. The summed E-state index contributed by atoms with van der Waals surface area (Å²) in [4.78, 5) is 2.59. The van der Waals surface area contributed by atoms with Gasteiger partial charge < -0.3 is 5.73 Å². The Labute approximate surface area is 126 Å². The van der Waals surface area contributed by atoms with Gasteiger partial charge >= 0.3 is 0 Å². The molecule has 0 spiro atoms. The van der Waals surface area contributed by atoms with Gasteiger partial charge in [0.25, 0.3) is 0 Å². The minimum Gasteiger partial charge on any atom is -0.389 e. The predicted octanol–water partition coefficient (Wildman–Crippen LogP) is 3.47. The van der Waals surface area contributed by atoms with Crippen LogP contribution >= 0.6 is 12.2 Å². The highest BCUT2D eigenvalue weighted by Gasteiger charge is 2.25. The smallest absolute Gasteiger partial charge is 0.127 e. The van der Waals surface area contributed by atoms with Crippen LogP contribution in [-0.4, -0.2) is 23.0 Å². The zero-order valence-electron chi connectivity index (χ0n) is 12.2. The second-order valence-corrected chi connectivity index (χ2v) is 6.35. The average molecular weight is 294 g/mol. The lowest BCUT2D eigenvalue weighted by Crippen LogP contribution is -2.38. The number of thiocarbonyl (C=S) groups is 1. The van der Waals surface area contributed by atoms with Crippen molar-refractivity contribution < 1.29 is 4.39 Å². The maximum atomic E-state index is 13.9. The van der Waals surface area contributed by atoms with Crippen molar-refractivity contribution in [1.82, 2.24) is 4.90 Å². The van der Waals surface area contributed by atoms with Crippen molar-refractivity contribution in [3.63, 3.8) is 0 Å². The van der Waals surface area contributed by atoms with Crippen LogP contribution in [0.4, 0.5) is 4.39 Å². The fourth-order valence-electron chi connectivity index (χ4n) is 3.19. The van der Waals surface area contributed by atoms with Gasteiger partial charge in [0, 0.05) is 23.7 Å². The third-order valence-corrected chi connectivity index (χ3v) is 4.62. The SMILES string of the molecule is CC1CCCCC1N(C)Cc1cc(C(N)=S)ccc1F. The van der Waals surface area contributed by atoms with E-state index in [4.69, 9.17) is 18.0 Å². The number of hydrogen-bond donors (Lipinski definition) is 1. The Morgan fingerprint density at radius 3 is 2.75 bits per heavy atom. The number of hydrogen-bond acceptors (Lipinski definition) is 2. The van der Waals surface area contributed by atoms with Crippen molar-refractivity contribution in [2.75, 3.05) is 7.05 Å². The summed E-state index contributed by atoms with van der Waals surface area (Å²) in [6.07, 6.45) is 5.06. The summed E-state index contributed by atoms with van der Waals surface area (Å²) in [6.45, 7) is 2.90. The van der Waals surface area contributed by atoms with Crippen molar-refractivity contribution >= 4 is 17.2 Å². The van der Waals surface area contributed by atoms with Crippen molar-refractivity contribution in [2.45, 2.75) is 45.2 Å². The van der Waals surface area contributed by atoms with Gasteiger partial charge in [0.1, 0.15) is 10.8 Å². The van der Waals surface area contributed by atoms with Gasteiger partial charge in [0.15, 0.2) is 0 Å². The van der Waals surface area contributed by atoms with Gasteiger partial charge in [-0.25, -0.2) is 4.39 Å². The third kappa shape index (κ3) is 3.55. The highest BCUT2D eigenvalue weighted by atomic mass is 32.1. The van der Waals surface area contributed by atoms with Crippen molar-refractivity contribution in [3.8, 4) is 0 Å². The lowest BCUT2D eigenvalue weighted by atomic mass is 9.85. The first-order valence-electron chi connectivity index (χ1n) is 7.27. The van der Waals surface area contributed by atoms with Crippen LogP contribution in [-0.2, 0) is 6.54 Å². The summed E-state index contributed by atoms with van der Waals surface area (Å²) in [6, 6.07) is 5.42. The van der Waals surface area contributed by atoms with Gasteiger partial charge in [-0.05, 0) is 44.0 Å². The molecule has 2 unspecified atom stereocenters. The van der Waals surface area contributed by atoms with Crippen molar-refractivity contribution in [1.29, 1.82) is 0 Å². The van der Waals surface area contributed by atoms with Crippen LogP contribution in [0.3, 0.4) is 0 Å². The fourth-order valence-corrected chi connectivity index (χ4v) is 3.31. The van der Waals surface area contributed by atoms with Crippen molar-refractivity contribution in [2.24, 2.45) is 11.7 Å². The summed E-state index contributed by atoms with van der Waals surface area (Å²) >= 11 is 4.96. The Morgan fingerprint density at radius 2 is 2.10 bits per heavy atom. The average Bonchev–Trinajstić information content (AvgIpc) is 2.41. The Hall–Kier alpha value is -1.00. The molecular formula is C16H23FN2S. The first kappa shape index (κ1) is 15.4. The van der Waals surface area contributed by atoms with Crippen LogP contribution in [0.2, 0.25) is 0 Å². The number of nitrogens with zero attached hydrogens (tertiary/aromatic N) is 1. The molecule has 0 heterocycles. The van der Waals surface area contributed by atoms with E-state index < -0.39 is 0 Å². The van der Waals surface area contributed by atoms with E-state index in [0.29, 0.717) is 29.1 Å². The largest absolute Gasteiger partial charge is 0.389 e. The Kier molecular flexibility index (Phi) is 5.11. The molecule has 1 fully saturated rings. The highest BCUT2D eigenvalue weighted by Crippen LogP contribution is 2.28. The van der Waals surface area contributed by atoms with Gasteiger partial charge in [-0.15, -0.1) is 0 Å². The quantitative estimate of drug-likeness (QED) is 0.862. The van der Waals surface area contributed by atoms with Crippen LogP contribution in [0.5, 0.6) is 0 Å². The molecule has 2 rings (SSSR count). The van der Waals surface area contributed by atoms with E-state index in [9.17, 15) is 4.39 Å². The fraction of sp³-hybridized carbons (Fsp3) is 0.562. The molecule has 2 atom stereocenters. The summed E-state index contributed by atoms with van der Waals surface area (Å²) in [7, 11) is 2.08. The molecule has 0 bridgehead atoms. The molecule has 20 heavy (non-hydrogen) atoms. The molecule has 2 N–H and O–H groups in total. The van der Waals surface area contributed by atoms with Crippen LogP contribution in [0.25, 0.3) is 0 Å². The molecule has 110 valence electrons. The van der Waals surface area contributed by atoms with Crippen LogP contribution in [0.15, 0.2) is 18.2 Å². The van der Waals surface area contributed by atoms with Gasteiger partial charge in [0.05, 0.1) is 0 Å². The molecule has 0 radical (unpaired) electrons. The lowest BCUT2D eigenvalue weighted by molar-refractivity contribution is 0.132. The van der Waals surface area contributed by atoms with E-state index in [1.807, 2.05) is 0 Å². The summed E-state index contributed by atoms with van der Waals surface area (Å²) in [5.41, 5.74) is 7.04. The van der Waals surface area contributed by atoms with Gasteiger partial charge in [-0.2, -0.15) is 0 Å². The maximum Gasteiger partial charge on any atom is 0.127 e. The minimum atomic E-state index is -0.180. The molecule has 2 nitrogen and oxygen atoms in total. The third-order valence-electron chi connectivity index (χ3n) is 4.38. The Bertz CT molecular complexity index is 489. The van der Waals surface area contributed by atoms with Crippen LogP contribution in [0.1, 0.15) is 43.7 Å². The van der Waals surface area contributed by atoms with Gasteiger partial charge in [-0.3, -0.25) is 4.90 Å². The summed E-state index contributed by atoms with van der Waals surface area (Å²) in [5, 5.41) is 0. The van der Waals surface area contributed by atoms with E-state index in [-0.39, 0.29) is 5.82 Å². The minimum absolute atomic E-state index is 0.180. The number of halogens is 1. The van der Waals surface area contributed by atoms with Crippen LogP contribution < -0.4 is 5.73 Å². The molecule has 4 heteroatoms. The monoisotopic (exact) mass is 294 g/mol.